The van der Waals surface area contributed by atoms with E-state index in [0.717, 1.165) is 0 Å². The van der Waals surface area contributed by atoms with Crippen molar-refractivity contribution in [2.24, 2.45) is 0 Å². The van der Waals surface area contributed by atoms with E-state index in [-0.39, 0.29) is 16.9 Å². The van der Waals surface area contributed by atoms with Crippen molar-refractivity contribution in [1.29, 1.82) is 0 Å². The minimum absolute atomic E-state index is 0.0255. The van der Waals surface area contributed by atoms with Gasteiger partial charge >= 0.3 is 5.63 Å². The zero-order chi connectivity index (χ0) is 20.5. The van der Waals surface area contributed by atoms with Gasteiger partial charge in [0.25, 0.3) is 0 Å². The summed E-state index contributed by atoms with van der Waals surface area (Å²) in [6, 6.07) is 17.6. The molecule has 0 aliphatic carbocycles. The Morgan fingerprint density at radius 3 is 2.31 bits per heavy atom. The largest absolute Gasteiger partial charge is 0.508 e. The van der Waals surface area contributed by atoms with Gasteiger partial charge in [0, 0.05) is 6.07 Å². The van der Waals surface area contributed by atoms with Gasteiger partial charge in [-0.1, -0.05) is 38.1 Å². The van der Waals surface area contributed by atoms with Crippen molar-refractivity contribution in [3.8, 4) is 28.4 Å². The predicted octanol–water partition coefficient (Wildman–Crippen LogP) is 6.22. The molecular formula is C24H19FO4. The first-order valence-electron chi connectivity index (χ1n) is 9.26. The van der Waals surface area contributed by atoms with Crippen LogP contribution in [0.15, 0.2) is 75.9 Å². The molecule has 0 radical (unpaired) electrons. The summed E-state index contributed by atoms with van der Waals surface area (Å²) in [5.41, 5.74) is 1.40. The van der Waals surface area contributed by atoms with Gasteiger partial charge in [0.05, 0.1) is 5.39 Å². The highest BCUT2D eigenvalue weighted by Crippen LogP contribution is 2.38. The van der Waals surface area contributed by atoms with Crippen LogP contribution < -0.4 is 10.4 Å². The topological polar surface area (TPSA) is 59.7 Å². The number of benzene rings is 3. The molecule has 146 valence electrons. The first kappa shape index (κ1) is 18.7. The van der Waals surface area contributed by atoms with Gasteiger partial charge in [0.1, 0.15) is 28.5 Å². The Kier molecular flexibility index (Phi) is 4.80. The van der Waals surface area contributed by atoms with E-state index in [1.165, 1.54) is 42.0 Å². The molecule has 1 N–H and O–H groups in total. The van der Waals surface area contributed by atoms with Crippen LogP contribution in [0.2, 0.25) is 0 Å². The van der Waals surface area contributed by atoms with E-state index in [2.05, 4.69) is 13.8 Å². The van der Waals surface area contributed by atoms with E-state index in [4.69, 9.17) is 9.15 Å². The Hall–Kier alpha value is -3.60. The van der Waals surface area contributed by atoms with Gasteiger partial charge in [0.15, 0.2) is 5.75 Å². The fourth-order valence-corrected chi connectivity index (χ4v) is 3.17. The van der Waals surface area contributed by atoms with Crippen molar-refractivity contribution in [3.05, 3.63) is 88.5 Å². The maximum absolute atomic E-state index is 13.4. The van der Waals surface area contributed by atoms with Crippen LogP contribution in [-0.2, 0) is 0 Å². The number of phenols is 1. The van der Waals surface area contributed by atoms with E-state index >= 15 is 0 Å². The standard InChI is InChI=1S/C24H19FO4/c1-14(2)15-5-10-19(11-6-15)28-23-20-12-9-18(26)13-21(20)29-24(27)22(23)16-3-7-17(25)8-4-16/h3-14,26H,1-2H3. The Morgan fingerprint density at radius 1 is 0.966 bits per heavy atom. The summed E-state index contributed by atoms with van der Waals surface area (Å²) in [6.45, 7) is 4.20. The molecule has 0 saturated heterocycles. The van der Waals surface area contributed by atoms with Crippen molar-refractivity contribution >= 4 is 11.0 Å². The van der Waals surface area contributed by atoms with Gasteiger partial charge < -0.3 is 14.3 Å². The number of fused-ring (bicyclic) bond motifs is 1. The van der Waals surface area contributed by atoms with Crippen LogP contribution in [0.3, 0.4) is 0 Å². The summed E-state index contributed by atoms with van der Waals surface area (Å²) < 4.78 is 24.9. The highest BCUT2D eigenvalue weighted by atomic mass is 19.1. The minimum Gasteiger partial charge on any atom is -0.508 e. The lowest BCUT2D eigenvalue weighted by atomic mass is 10.0. The maximum Gasteiger partial charge on any atom is 0.348 e. The molecule has 1 heterocycles. The molecular weight excluding hydrogens is 371 g/mol. The van der Waals surface area contributed by atoms with Gasteiger partial charge in [-0.3, -0.25) is 0 Å². The fourth-order valence-electron chi connectivity index (χ4n) is 3.17. The lowest BCUT2D eigenvalue weighted by Crippen LogP contribution is -2.06. The van der Waals surface area contributed by atoms with Gasteiger partial charge in [-0.2, -0.15) is 0 Å². The molecule has 3 aromatic carbocycles. The molecule has 29 heavy (non-hydrogen) atoms. The molecule has 0 amide bonds. The number of rotatable bonds is 4. The van der Waals surface area contributed by atoms with E-state index in [1.54, 1.807) is 6.07 Å². The zero-order valence-electron chi connectivity index (χ0n) is 16.0. The van der Waals surface area contributed by atoms with Crippen molar-refractivity contribution in [3.63, 3.8) is 0 Å². The Morgan fingerprint density at radius 2 is 1.66 bits per heavy atom. The number of aromatic hydroxyl groups is 1. The van der Waals surface area contributed by atoms with Gasteiger partial charge in [-0.05, 0) is 53.4 Å². The molecule has 0 aliphatic rings. The first-order chi connectivity index (χ1) is 13.9. The van der Waals surface area contributed by atoms with E-state index < -0.39 is 11.4 Å². The summed E-state index contributed by atoms with van der Waals surface area (Å²) >= 11 is 0. The third-order valence-corrected chi connectivity index (χ3v) is 4.74. The molecule has 1 aromatic heterocycles. The molecule has 0 unspecified atom stereocenters. The molecule has 4 aromatic rings. The molecule has 0 saturated carbocycles. The van der Waals surface area contributed by atoms with Gasteiger partial charge in [-0.25, -0.2) is 9.18 Å². The number of ether oxygens (including phenoxy) is 1. The summed E-state index contributed by atoms with van der Waals surface area (Å²) in [7, 11) is 0. The second-order valence-corrected chi connectivity index (χ2v) is 7.11. The molecule has 4 rings (SSSR count). The molecule has 0 fully saturated rings. The molecule has 0 spiro atoms. The van der Waals surface area contributed by atoms with E-state index in [9.17, 15) is 14.3 Å². The number of hydrogen-bond donors (Lipinski definition) is 1. The quantitative estimate of drug-likeness (QED) is 0.420. The third kappa shape index (κ3) is 3.72. The zero-order valence-corrected chi connectivity index (χ0v) is 16.0. The molecule has 0 bridgehead atoms. The van der Waals surface area contributed by atoms with Crippen LogP contribution >= 0.6 is 0 Å². The van der Waals surface area contributed by atoms with Crippen molar-refractivity contribution < 1.29 is 18.7 Å². The fraction of sp³-hybridized carbons (Fsp3) is 0.125. The molecule has 4 nitrogen and oxygen atoms in total. The maximum atomic E-state index is 13.4. The number of hydrogen-bond acceptors (Lipinski definition) is 4. The number of phenolic OH excluding ortho intramolecular Hbond substituents is 1. The van der Waals surface area contributed by atoms with Crippen molar-refractivity contribution in [1.82, 2.24) is 0 Å². The summed E-state index contributed by atoms with van der Waals surface area (Å²) in [4.78, 5) is 12.8. The summed E-state index contributed by atoms with van der Waals surface area (Å²) in [5.74, 6) is 0.794. The number of halogens is 1. The van der Waals surface area contributed by atoms with Crippen LogP contribution in [0.4, 0.5) is 4.39 Å². The monoisotopic (exact) mass is 390 g/mol. The van der Waals surface area contributed by atoms with Crippen LogP contribution in [-0.4, -0.2) is 5.11 Å². The SMILES string of the molecule is CC(C)c1ccc(Oc2c(-c3ccc(F)cc3)c(=O)oc3cc(O)ccc23)cc1. The Labute approximate surface area is 166 Å². The van der Waals surface area contributed by atoms with E-state index in [0.29, 0.717) is 28.4 Å². The summed E-state index contributed by atoms with van der Waals surface area (Å²) in [6.07, 6.45) is 0. The molecule has 0 atom stereocenters. The second kappa shape index (κ2) is 7.43. The van der Waals surface area contributed by atoms with Gasteiger partial charge in [-0.15, -0.1) is 0 Å². The van der Waals surface area contributed by atoms with Crippen LogP contribution in [0.1, 0.15) is 25.3 Å². The molecule has 5 heteroatoms. The van der Waals surface area contributed by atoms with Crippen molar-refractivity contribution in [2.75, 3.05) is 0 Å². The highest BCUT2D eigenvalue weighted by molar-refractivity contribution is 5.91. The predicted molar refractivity (Wildman–Crippen MR) is 110 cm³/mol. The average Bonchev–Trinajstić information content (AvgIpc) is 2.69. The van der Waals surface area contributed by atoms with Crippen LogP contribution in [0.5, 0.6) is 17.2 Å². The van der Waals surface area contributed by atoms with Crippen LogP contribution in [0.25, 0.3) is 22.1 Å². The lowest BCUT2D eigenvalue weighted by molar-refractivity contribution is 0.468. The lowest BCUT2D eigenvalue weighted by Gasteiger charge is -2.14. The van der Waals surface area contributed by atoms with Crippen LogP contribution in [0, 0.1) is 5.82 Å². The minimum atomic E-state index is -0.636. The van der Waals surface area contributed by atoms with Crippen molar-refractivity contribution in [2.45, 2.75) is 19.8 Å². The normalized spacial score (nSPS) is 11.2. The highest BCUT2D eigenvalue weighted by Gasteiger charge is 2.19. The average molecular weight is 390 g/mol. The molecule has 0 aliphatic heterocycles. The Bertz CT molecular complexity index is 1220. The summed E-state index contributed by atoms with van der Waals surface area (Å²) in [5, 5.41) is 10.3. The first-order valence-corrected chi connectivity index (χ1v) is 9.26. The van der Waals surface area contributed by atoms with E-state index in [1.807, 2.05) is 24.3 Å². The van der Waals surface area contributed by atoms with Gasteiger partial charge in [0.2, 0.25) is 0 Å². The smallest absolute Gasteiger partial charge is 0.348 e. The third-order valence-electron chi connectivity index (χ3n) is 4.74. The Balaban J connectivity index is 1.92. The second-order valence-electron chi connectivity index (χ2n) is 7.11.